The van der Waals surface area contributed by atoms with Gasteiger partial charge in [-0.3, -0.25) is 0 Å². The lowest BCUT2D eigenvalue weighted by Gasteiger charge is -2.28. The molecule has 0 spiro atoms. The lowest BCUT2D eigenvalue weighted by atomic mass is 9.99. The van der Waals surface area contributed by atoms with Crippen LogP contribution in [0.5, 0.6) is 0 Å². The highest BCUT2D eigenvalue weighted by Crippen LogP contribution is 2.47. The van der Waals surface area contributed by atoms with Gasteiger partial charge in [-0.05, 0) is 77.4 Å². The molecule has 3 nitrogen and oxygen atoms in total. The number of rotatable bonds is 7. The molecule has 58 heavy (non-hydrogen) atoms. The molecule has 0 bridgehead atoms. The van der Waals surface area contributed by atoms with E-state index in [0.29, 0.717) is 0 Å². The maximum Gasteiger partial charge on any atom is 0.143 e. The molecule has 0 fully saturated rings. The monoisotopic (exact) mass is 746 g/mol. The first kappa shape index (κ1) is 33.6. The quantitative estimate of drug-likeness (QED) is 0.162. The molecule has 0 amide bonds. The first-order valence-electron chi connectivity index (χ1n) is 19.5. The van der Waals surface area contributed by atoms with E-state index in [0.717, 1.165) is 99.9 Å². The number of para-hydroxylation sites is 4. The van der Waals surface area contributed by atoms with Crippen molar-refractivity contribution in [2.75, 3.05) is 4.90 Å². The Kier molecular flexibility index (Phi) is 8.00. The molecule has 0 radical (unpaired) electrons. The molecule has 0 saturated carbocycles. The van der Waals surface area contributed by atoms with Crippen molar-refractivity contribution in [2.45, 2.75) is 0 Å². The summed E-state index contributed by atoms with van der Waals surface area (Å²) in [5.41, 5.74) is 14.4. The second-order valence-corrected chi connectivity index (χ2v) is 14.6. The zero-order chi connectivity index (χ0) is 38.6. The summed E-state index contributed by atoms with van der Waals surface area (Å²) in [7, 11) is 0. The van der Waals surface area contributed by atoms with E-state index in [1.165, 1.54) is 0 Å². The smallest absolute Gasteiger partial charge is 0.143 e. The zero-order valence-corrected chi connectivity index (χ0v) is 31.4. The highest BCUT2D eigenvalue weighted by molar-refractivity contribution is 6.16. The first-order valence-corrected chi connectivity index (χ1v) is 19.5. The molecule has 9 aromatic carbocycles. The number of nitrogens with zero attached hydrogens (tertiary/aromatic N) is 2. The van der Waals surface area contributed by atoms with E-state index in [4.69, 9.17) is 4.42 Å². The van der Waals surface area contributed by atoms with Crippen LogP contribution in [0.1, 0.15) is 0 Å². The second-order valence-electron chi connectivity index (χ2n) is 14.6. The fourth-order valence-electron chi connectivity index (χ4n) is 8.71. The Morgan fingerprint density at radius 2 is 1.00 bits per heavy atom. The van der Waals surface area contributed by atoms with Gasteiger partial charge < -0.3 is 13.9 Å². The summed E-state index contributed by atoms with van der Waals surface area (Å²) in [4.78, 5) is 2.37. The SMILES string of the molecule is Fc1ccc2c(c1)c1ccccc1n2-c1ccccc1-c1ccc(N(c2ccccc2-c2ccccc2)c2cccc3oc4c(-c5ccccc5)cccc4c23)cc1. The average Bonchev–Trinajstić information content (AvgIpc) is 3.84. The number of benzene rings is 9. The van der Waals surface area contributed by atoms with Crippen molar-refractivity contribution in [1.29, 1.82) is 0 Å². The number of aromatic nitrogens is 1. The Morgan fingerprint density at radius 3 is 1.81 bits per heavy atom. The molecule has 0 aliphatic heterocycles. The van der Waals surface area contributed by atoms with E-state index in [9.17, 15) is 4.39 Å². The summed E-state index contributed by atoms with van der Waals surface area (Å²) >= 11 is 0. The van der Waals surface area contributed by atoms with E-state index < -0.39 is 0 Å². The van der Waals surface area contributed by atoms with Crippen molar-refractivity contribution in [2.24, 2.45) is 0 Å². The van der Waals surface area contributed by atoms with Crippen molar-refractivity contribution < 1.29 is 8.81 Å². The zero-order valence-electron chi connectivity index (χ0n) is 31.4. The van der Waals surface area contributed by atoms with Crippen LogP contribution in [0.3, 0.4) is 0 Å². The Morgan fingerprint density at radius 1 is 0.414 bits per heavy atom. The molecule has 0 aliphatic rings. The predicted octanol–water partition coefficient (Wildman–Crippen LogP) is 15.3. The van der Waals surface area contributed by atoms with Crippen molar-refractivity contribution in [3.8, 4) is 39.1 Å². The van der Waals surface area contributed by atoms with Crippen molar-refractivity contribution in [3.05, 3.63) is 218 Å². The Hall–Kier alpha value is -7.69. The fourth-order valence-corrected chi connectivity index (χ4v) is 8.71. The van der Waals surface area contributed by atoms with Gasteiger partial charge in [-0.2, -0.15) is 0 Å². The Balaban J connectivity index is 1.11. The highest BCUT2D eigenvalue weighted by atomic mass is 19.1. The second kappa shape index (κ2) is 13.8. The summed E-state index contributed by atoms with van der Waals surface area (Å²) in [5, 5.41) is 4.03. The number of furan rings is 1. The largest absolute Gasteiger partial charge is 0.455 e. The average molecular weight is 747 g/mol. The predicted molar refractivity (Wildman–Crippen MR) is 239 cm³/mol. The Bertz CT molecular complexity index is 3290. The van der Waals surface area contributed by atoms with Gasteiger partial charge in [0.1, 0.15) is 17.0 Å². The van der Waals surface area contributed by atoms with Gasteiger partial charge in [-0.15, -0.1) is 0 Å². The van der Waals surface area contributed by atoms with Gasteiger partial charge in [0, 0.05) is 38.5 Å². The molecule has 11 aromatic rings. The van der Waals surface area contributed by atoms with E-state index >= 15 is 0 Å². The molecule has 0 unspecified atom stereocenters. The van der Waals surface area contributed by atoms with Crippen LogP contribution in [0, 0.1) is 5.82 Å². The topological polar surface area (TPSA) is 21.3 Å². The molecule has 0 atom stereocenters. The molecule has 2 aromatic heterocycles. The molecule has 0 aliphatic carbocycles. The normalized spacial score (nSPS) is 11.5. The van der Waals surface area contributed by atoms with Crippen LogP contribution in [0.25, 0.3) is 82.8 Å². The van der Waals surface area contributed by atoms with Crippen LogP contribution >= 0.6 is 0 Å². The maximum absolute atomic E-state index is 14.6. The molecular weight excluding hydrogens is 712 g/mol. The van der Waals surface area contributed by atoms with E-state index in [1.54, 1.807) is 12.1 Å². The van der Waals surface area contributed by atoms with E-state index in [-0.39, 0.29) is 5.82 Å². The van der Waals surface area contributed by atoms with Gasteiger partial charge in [0.25, 0.3) is 0 Å². The summed E-state index contributed by atoms with van der Waals surface area (Å²) in [6, 6.07) is 73.0. The molecule has 2 heterocycles. The molecule has 11 rings (SSSR count). The maximum atomic E-state index is 14.6. The number of halogens is 1. The highest BCUT2D eigenvalue weighted by Gasteiger charge is 2.23. The minimum absolute atomic E-state index is 0.242. The van der Waals surface area contributed by atoms with Gasteiger partial charge in [0.2, 0.25) is 0 Å². The third-order valence-electron chi connectivity index (χ3n) is 11.3. The third kappa shape index (κ3) is 5.49. The fraction of sp³-hybridized carbons (Fsp3) is 0. The molecule has 0 N–H and O–H groups in total. The lowest BCUT2D eigenvalue weighted by molar-refractivity contribution is 0.629. The summed E-state index contributed by atoms with van der Waals surface area (Å²) < 4.78 is 23.6. The third-order valence-corrected chi connectivity index (χ3v) is 11.3. The first-order chi connectivity index (χ1) is 28.7. The minimum atomic E-state index is -0.242. The molecule has 4 heteroatoms. The number of anilines is 3. The minimum Gasteiger partial charge on any atom is -0.455 e. The van der Waals surface area contributed by atoms with Gasteiger partial charge >= 0.3 is 0 Å². The van der Waals surface area contributed by atoms with Gasteiger partial charge in [-0.1, -0.05) is 152 Å². The van der Waals surface area contributed by atoms with Crippen molar-refractivity contribution in [3.63, 3.8) is 0 Å². The van der Waals surface area contributed by atoms with Gasteiger partial charge in [-0.25, -0.2) is 4.39 Å². The number of hydrogen-bond donors (Lipinski definition) is 0. The van der Waals surface area contributed by atoms with E-state index in [1.807, 2.05) is 24.3 Å². The van der Waals surface area contributed by atoms with Crippen LogP contribution in [0.4, 0.5) is 21.5 Å². The standard InChI is InChI=1S/C54H35FN2O/c55-39-31-34-50-46(35-39)44-21-9-12-26-49(44)57(50)48-25-11-8-20-42(48)38-29-32-40(33-30-38)56(47-24-10-7-19-41(47)36-15-3-1-4-16-36)51-27-14-28-52-53(51)45-23-13-22-43(54(45)58-52)37-17-5-2-6-18-37/h1-35H. The number of fused-ring (bicyclic) bond motifs is 6. The van der Waals surface area contributed by atoms with Crippen LogP contribution in [-0.2, 0) is 0 Å². The van der Waals surface area contributed by atoms with Gasteiger partial charge in [0.15, 0.2) is 0 Å². The van der Waals surface area contributed by atoms with Crippen molar-refractivity contribution >= 4 is 60.8 Å². The molecular formula is C54H35FN2O. The van der Waals surface area contributed by atoms with Crippen LogP contribution in [0.2, 0.25) is 0 Å². The molecule has 274 valence electrons. The Labute approximate surface area is 335 Å². The van der Waals surface area contributed by atoms with Crippen LogP contribution in [-0.4, -0.2) is 4.57 Å². The van der Waals surface area contributed by atoms with Crippen LogP contribution in [0.15, 0.2) is 217 Å². The summed E-state index contributed by atoms with van der Waals surface area (Å²) in [6.07, 6.45) is 0. The van der Waals surface area contributed by atoms with Crippen molar-refractivity contribution in [1.82, 2.24) is 4.57 Å². The molecule has 0 saturated heterocycles. The van der Waals surface area contributed by atoms with Gasteiger partial charge in [0.05, 0.1) is 33.5 Å². The summed E-state index contributed by atoms with van der Waals surface area (Å²) in [6.45, 7) is 0. The van der Waals surface area contributed by atoms with E-state index in [2.05, 4.69) is 185 Å². The lowest BCUT2D eigenvalue weighted by Crippen LogP contribution is -2.11. The number of hydrogen-bond acceptors (Lipinski definition) is 2. The summed E-state index contributed by atoms with van der Waals surface area (Å²) in [5.74, 6) is -0.242. The van der Waals surface area contributed by atoms with Crippen LogP contribution < -0.4 is 4.90 Å².